The Morgan fingerprint density at radius 2 is 2.20 bits per heavy atom. The molecule has 0 radical (unpaired) electrons. The van der Waals surface area contributed by atoms with Gasteiger partial charge in [-0.1, -0.05) is 6.07 Å². The van der Waals surface area contributed by atoms with Gasteiger partial charge < -0.3 is 4.90 Å². The lowest BCUT2D eigenvalue weighted by atomic mass is 9.92. The van der Waals surface area contributed by atoms with Gasteiger partial charge in [-0.2, -0.15) is 0 Å². The third-order valence-electron chi connectivity index (χ3n) is 3.80. The first kappa shape index (κ1) is 13.0. The van der Waals surface area contributed by atoms with E-state index in [0.29, 0.717) is 5.92 Å². The highest BCUT2D eigenvalue weighted by molar-refractivity contribution is 5.38. The lowest BCUT2D eigenvalue weighted by Crippen LogP contribution is -2.36. The molecule has 3 heterocycles. The van der Waals surface area contributed by atoms with Crippen LogP contribution in [0.4, 0.5) is 10.2 Å². The number of aromatic nitrogens is 2. The van der Waals surface area contributed by atoms with Crippen molar-refractivity contribution in [3.8, 4) is 0 Å². The standard InChI is InChI=1S/C16H18FN3/c17-15-5-6-16(19-11-15)20-8-2-4-14(12-20)9-13-3-1-7-18-10-13/h1,3,5-7,10-11,14H,2,4,8-9,12H2/t14-/m0/s1. The molecule has 0 unspecified atom stereocenters. The summed E-state index contributed by atoms with van der Waals surface area (Å²) < 4.78 is 12.9. The Morgan fingerprint density at radius 3 is 2.95 bits per heavy atom. The first-order chi connectivity index (χ1) is 9.81. The van der Waals surface area contributed by atoms with Crippen molar-refractivity contribution in [3.63, 3.8) is 0 Å². The summed E-state index contributed by atoms with van der Waals surface area (Å²) >= 11 is 0. The lowest BCUT2D eigenvalue weighted by Gasteiger charge is -2.33. The number of hydrogen-bond acceptors (Lipinski definition) is 3. The zero-order valence-electron chi connectivity index (χ0n) is 11.4. The highest BCUT2D eigenvalue weighted by atomic mass is 19.1. The molecule has 3 rings (SSSR count). The average Bonchev–Trinajstić information content (AvgIpc) is 2.49. The Balaban J connectivity index is 1.66. The summed E-state index contributed by atoms with van der Waals surface area (Å²) in [5, 5.41) is 0. The van der Waals surface area contributed by atoms with E-state index in [1.807, 2.05) is 12.3 Å². The summed E-state index contributed by atoms with van der Waals surface area (Å²) in [5.41, 5.74) is 1.28. The van der Waals surface area contributed by atoms with Crippen LogP contribution < -0.4 is 4.90 Å². The molecular weight excluding hydrogens is 253 g/mol. The predicted molar refractivity (Wildman–Crippen MR) is 77.1 cm³/mol. The monoisotopic (exact) mass is 271 g/mol. The van der Waals surface area contributed by atoms with E-state index in [9.17, 15) is 4.39 Å². The molecule has 0 amide bonds. The highest BCUT2D eigenvalue weighted by Crippen LogP contribution is 2.24. The van der Waals surface area contributed by atoms with Crippen molar-refractivity contribution >= 4 is 5.82 Å². The van der Waals surface area contributed by atoms with Crippen molar-refractivity contribution in [2.45, 2.75) is 19.3 Å². The predicted octanol–water partition coefficient (Wildman–Crippen LogP) is 3.07. The highest BCUT2D eigenvalue weighted by Gasteiger charge is 2.21. The quantitative estimate of drug-likeness (QED) is 0.859. The van der Waals surface area contributed by atoms with Crippen molar-refractivity contribution in [1.82, 2.24) is 9.97 Å². The second-order valence-corrected chi connectivity index (χ2v) is 5.35. The molecule has 0 bridgehead atoms. The number of halogens is 1. The molecule has 2 aromatic heterocycles. The number of piperidine rings is 1. The topological polar surface area (TPSA) is 29.0 Å². The summed E-state index contributed by atoms with van der Waals surface area (Å²) in [6.45, 7) is 1.98. The number of nitrogens with zero attached hydrogens (tertiary/aromatic N) is 3. The molecule has 0 spiro atoms. The molecule has 1 fully saturated rings. The van der Waals surface area contributed by atoms with Crippen LogP contribution in [0.15, 0.2) is 42.9 Å². The zero-order valence-corrected chi connectivity index (χ0v) is 11.4. The maximum atomic E-state index is 12.9. The fourth-order valence-corrected chi connectivity index (χ4v) is 2.85. The number of anilines is 1. The average molecular weight is 271 g/mol. The molecule has 1 atom stereocenters. The van der Waals surface area contributed by atoms with Crippen LogP contribution in [0.3, 0.4) is 0 Å². The summed E-state index contributed by atoms with van der Waals surface area (Å²) in [6, 6.07) is 7.36. The van der Waals surface area contributed by atoms with Gasteiger partial charge in [0.25, 0.3) is 0 Å². The molecule has 0 aromatic carbocycles. The van der Waals surface area contributed by atoms with Crippen LogP contribution in [0, 0.1) is 11.7 Å². The number of pyridine rings is 2. The van der Waals surface area contributed by atoms with Crippen LogP contribution in [-0.2, 0) is 6.42 Å². The Labute approximate surface area is 118 Å². The van der Waals surface area contributed by atoms with Crippen molar-refractivity contribution < 1.29 is 4.39 Å². The summed E-state index contributed by atoms with van der Waals surface area (Å²) in [4.78, 5) is 10.6. The molecule has 2 aromatic rings. The van der Waals surface area contributed by atoms with Crippen LogP contribution in [0.2, 0.25) is 0 Å². The van der Waals surface area contributed by atoms with Crippen LogP contribution >= 0.6 is 0 Å². The molecule has 4 heteroatoms. The van der Waals surface area contributed by atoms with E-state index >= 15 is 0 Å². The fourth-order valence-electron chi connectivity index (χ4n) is 2.85. The van der Waals surface area contributed by atoms with E-state index in [4.69, 9.17) is 0 Å². The van der Waals surface area contributed by atoms with E-state index in [-0.39, 0.29) is 5.82 Å². The minimum atomic E-state index is -0.280. The van der Waals surface area contributed by atoms with Crippen molar-refractivity contribution in [1.29, 1.82) is 0 Å². The summed E-state index contributed by atoms with van der Waals surface area (Å²) in [6.07, 6.45) is 8.47. The van der Waals surface area contributed by atoms with Gasteiger partial charge >= 0.3 is 0 Å². The minimum absolute atomic E-state index is 0.280. The zero-order chi connectivity index (χ0) is 13.8. The van der Waals surface area contributed by atoms with Crippen molar-refractivity contribution in [2.75, 3.05) is 18.0 Å². The summed E-state index contributed by atoms with van der Waals surface area (Å²) in [7, 11) is 0. The first-order valence-corrected chi connectivity index (χ1v) is 7.06. The van der Waals surface area contributed by atoms with Gasteiger partial charge in [0.1, 0.15) is 11.6 Å². The minimum Gasteiger partial charge on any atom is -0.356 e. The Bertz CT molecular complexity index is 541. The molecule has 0 N–H and O–H groups in total. The van der Waals surface area contributed by atoms with Crippen molar-refractivity contribution in [2.24, 2.45) is 5.92 Å². The van der Waals surface area contributed by atoms with Crippen LogP contribution in [-0.4, -0.2) is 23.1 Å². The van der Waals surface area contributed by atoms with E-state index < -0.39 is 0 Å². The molecule has 0 aliphatic carbocycles. The molecule has 1 aliphatic heterocycles. The maximum Gasteiger partial charge on any atom is 0.141 e. The van der Waals surface area contributed by atoms with E-state index in [1.165, 1.54) is 24.2 Å². The fraction of sp³-hybridized carbons (Fsp3) is 0.375. The van der Waals surface area contributed by atoms with Gasteiger partial charge in [0.15, 0.2) is 0 Å². The van der Waals surface area contributed by atoms with Crippen LogP contribution in [0.1, 0.15) is 18.4 Å². The molecule has 20 heavy (non-hydrogen) atoms. The third kappa shape index (κ3) is 3.13. The van der Waals surface area contributed by atoms with Gasteiger partial charge in [-0.25, -0.2) is 9.37 Å². The normalized spacial score (nSPS) is 19.1. The smallest absolute Gasteiger partial charge is 0.141 e. The molecule has 0 saturated carbocycles. The SMILES string of the molecule is Fc1ccc(N2CCC[C@@H](Cc3cccnc3)C2)nc1. The second-order valence-electron chi connectivity index (χ2n) is 5.35. The van der Waals surface area contributed by atoms with Gasteiger partial charge in [-0.15, -0.1) is 0 Å². The van der Waals surface area contributed by atoms with Gasteiger partial charge in [-0.3, -0.25) is 4.98 Å². The van der Waals surface area contributed by atoms with Gasteiger partial charge in [0.2, 0.25) is 0 Å². The summed E-state index contributed by atoms with van der Waals surface area (Å²) in [5.74, 6) is 1.21. The van der Waals surface area contributed by atoms with Gasteiger partial charge in [0.05, 0.1) is 6.20 Å². The molecular formula is C16H18FN3. The lowest BCUT2D eigenvalue weighted by molar-refractivity contribution is 0.411. The van der Waals surface area contributed by atoms with E-state index in [1.54, 1.807) is 12.3 Å². The number of hydrogen-bond donors (Lipinski definition) is 0. The van der Waals surface area contributed by atoms with E-state index in [0.717, 1.165) is 31.7 Å². The number of rotatable bonds is 3. The Morgan fingerprint density at radius 1 is 1.25 bits per heavy atom. The molecule has 3 nitrogen and oxygen atoms in total. The Hall–Kier alpha value is -1.97. The maximum absolute atomic E-state index is 12.9. The Kier molecular flexibility index (Phi) is 3.90. The van der Waals surface area contributed by atoms with Crippen LogP contribution in [0.25, 0.3) is 0 Å². The van der Waals surface area contributed by atoms with Crippen molar-refractivity contribution in [3.05, 3.63) is 54.2 Å². The third-order valence-corrected chi connectivity index (χ3v) is 3.80. The first-order valence-electron chi connectivity index (χ1n) is 7.06. The van der Waals surface area contributed by atoms with Gasteiger partial charge in [-0.05, 0) is 48.9 Å². The van der Waals surface area contributed by atoms with E-state index in [2.05, 4.69) is 20.9 Å². The second kappa shape index (κ2) is 5.99. The largest absolute Gasteiger partial charge is 0.356 e. The molecule has 1 aliphatic rings. The van der Waals surface area contributed by atoms with Crippen LogP contribution in [0.5, 0.6) is 0 Å². The van der Waals surface area contributed by atoms with Gasteiger partial charge in [0, 0.05) is 25.5 Å². The molecule has 1 saturated heterocycles. The molecule has 104 valence electrons.